The molecule has 2 aromatic rings. The quantitative estimate of drug-likeness (QED) is 0.814. The van der Waals surface area contributed by atoms with Crippen LogP contribution in [0.15, 0.2) is 54.6 Å². The van der Waals surface area contributed by atoms with Crippen LogP contribution in [-0.4, -0.2) is 18.1 Å². The van der Waals surface area contributed by atoms with Crippen LogP contribution in [0.25, 0.3) is 0 Å². The van der Waals surface area contributed by atoms with E-state index in [9.17, 15) is 0 Å². The van der Waals surface area contributed by atoms with Crippen molar-refractivity contribution in [1.82, 2.24) is 4.90 Å². The maximum atomic E-state index is 6.17. The molecule has 0 saturated carbocycles. The topological polar surface area (TPSA) is 12.5 Å². The van der Waals surface area contributed by atoms with E-state index in [1.54, 1.807) is 0 Å². The molecule has 108 valence electrons. The largest absolute Gasteiger partial charge is 0.357 e. The van der Waals surface area contributed by atoms with Crippen LogP contribution in [0.2, 0.25) is 0 Å². The van der Waals surface area contributed by atoms with Gasteiger partial charge in [-0.15, -0.1) is 0 Å². The minimum absolute atomic E-state index is 0.134. The Balaban J connectivity index is 1.73. The van der Waals surface area contributed by atoms with Gasteiger partial charge in [0.25, 0.3) is 0 Å². The van der Waals surface area contributed by atoms with Crippen LogP contribution in [-0.2, 0) is 4.74 Å². The van der Waals surface area contributed by atoms with Crippen molar-refractivity contribution < 1.29 is 4.74 Å². The highest BCUT2D eigenvalue weighted by molar-refractivity contribution is 5.36. The van der Waals surface area contributed by atoms with E-state index in [2.05, 4.69) is 66.4 Å². The summed E-state index contributed by atoms with van der Waals surface area (Å²) in [6, 6.07) is 20.0. The SMILES string of the molecule is CC[C@@H]1CN2C(OC[C@H]2c2ccccc2)c2ccccc21. The molecule has 2 heterocycles. The van der Waals surface area contributed by atoms with Gasteiger partial charge in [0.05, 0.1) is 12.6 Å². The van der Waals surface area contributed by atoms with Gasteiger partial charge in [0.1, 0.15) is 6.23 Å². The van der Waals surface area contributed by atoms with Gasteiger partial charge in [0.2, 0.25) is 0 Å². The summed E-state index contributed by atoms with van der Waals surface area (Å²) in [6.45, 7) is 4.17. The van der Waals surface area contributed by atoms with Gasteiger partial charge in [0.15, 0.2) is 0 Å². The molecule has 4 rings (SSSR count). The molecule has 0 spiro atoms. The Morgan fingerprint density at radius 2 is 1.71 bits per heavy atom. The van der Waals surface area contributed by atoms with E-state index in [0.29, 0.717) is 12.0 Å². The van der Waals surface area contributed by atoms with Crippen LogP contribution < -0.4 is 0 Å². The molecule has 1 saturated heterocycles. The Hall–Kier alpha value is -1.64. The summed E-state index contributed by atoms with van der Waals surface area (Å²) in [5, 5.41) is 0. The lowest BCUT2D eigenvalue weighted by Crippen LogP contribution is -2.36. The first kappa shape index (κ1) is 13.1. The highest BCUT2D eigenvalue weighted by atomic mass is 16.5. The third-order valence-corrected chi connectivity index (χ3v) is 4.92. The van der Waals surface area contributed by atoms with Crippen LogP contribution >= 0.6 is 0 Å². The average molecular weight is 279 g/mol. The van der Waals surface area contributed by atoms with Crippen LogP contribution in [0.3, 0.4) is 0 Å². The Kier molecular flexibility index (Phi) is 3.28. The second kappa shape index (κ2) is 5.28. The molecule has 3 atom stereocenters. The van der Waals surface area contributed by atoms with Crippen LogP contribution in [0, 0.1) is 0 Å². The first-order valence-corrected chi connectivity index (χ1v) is 7.89. The number of hydrogen-bond donors (Lipinski definition) is 0. The van der Waals surface area contributed by atoms with Crippen LogP contribution in [0.5, 0.6) is 0 Å². The molecular formula is C19H21NO. The van der Waals surface area contributed by atoms with E-state index in [-0.39, 0.29) is 6.23 Å². The summed E-state index contributed by atoms with van der Waals surface area (Å²) in [4.78, 5) is 2.55. The lowest BCUT2D eigenvalue weighted by Gasteiger charge is -2.38. The number of hydrogen-bond acceptors (Lipinski definition) is 2. The third-order valence-electron chi connectivity index (χ3n) is 4.92. The second-order valence-corrected chi connectivity index (χ2v) is 6.04. The van der Waals surface area contributed by atoms with Crippen molar-refractivity contribution in [3.05, 3.63) is 71.3 Å². The second-order valence-electron chi connectivity index (χ2n) is 6.04. The lowest BCUT2D eigenvalue weighted by molar-refractivity contribution is 0.0153. The first-order chi connectivity index (χ1) is 10.4. The van der Waals surface area contributed by atoms with E-state index < -0.39 is 0 Å². The van der Waals surface area contributed by atoms with Gasteiger partial charge in [-0.25, -0.2) is 0 Å². The molecule has 21 heavy (non-hydrogen) atoms. The molecule has 2 aliphatic heterocycles. The Morgan fingerprint density at radius 3 is 2.48 bits per heavy atom. The molecule has 0 radical (unpaired) electrons. The van der Waals surface area contributed by atoms with Gasteiger partial charge < -0.3 is 4.74 Å². The van der Waals surface area contributed by atoms with Crippen LogP contribution in [0.1, 0.15) is 48.2 Å². The van der Waals surface area contributed by atoms with Crippen molar-refractivity contribution in [3.8, 4) is 0 Å². The highest BCUT2D eigenvalue weighted by Crippen LogP contribution is 2.46. The van der Waals surface area contributed by atoms with Gasteiger partial charge in [-0.05, 0) is 29.0 Å². The molecule has 0 aliphatic carbocycles. The molecule has 0 bridgehead atoms. The lowest BCUT2D eigenvalue weighted by atomic mass is 9.86. The number of ether oxygens (including phenoxy) is 1. The van der Waals surface area contributed by atoms with Crippen molar-refractivity contribution in [3.63, 3.8) is 0 Å². The zero-order valence-electron chi connectivity index (χ0n) is 12.4. The molecule has 1 unspecified atom stereocenters. The zero-order chi connectivity index (χ0) is 14.2. The molecule has 1 fully saturated rings. The fourth-order valence-corrected chi connectivity index (χ4v) is 3.80. The summed E-state index contributed by atoms with van der Waals surface area (Å²) < 4.78 is 6.17. The van der Waals surface area contributed by atoms with Crippen molar-refractivity contribution in [2.24, 2.45) is 0 Å². The van der Waals surface area contributed by atoms with E-state index >= 15 is 0 Å². The summed E-state index contributed by atoms with van der Waals surface area (Å²) in [7, 11) is 0. The van der Waals surface area contributed by atoms with Gasteiger partial charge in [-0.2, -0.15) is 0 Å². The van der Waals surface area contributed by atoms with Crippen LogP contribution in [0.4, 0.5) is 0 Å². The Morgan fingerprint density at radius 1 is 1.00 bits per heavy atom. The monoisotopic (exact) mass is 279 g/mol. The van der Waals surface area contributed by atoms with Crippen molar-refractivity contribution in [1.29, 1.82) is 0 Å². The maximum Gasteiger partial charge on any atom is 0.137 e. The van der Waals surface area contributed by atoms with Crippen molar-refractivity contribution >= 4 is 0 Å². The van der Waals surface area contributed by atoms with E-state index in [1.165, 1.54) is 23.1 Å². The average Bonchev–Trinajstić information content (AvgIpc) is 2.99. The number of benzene rings is 2. The highest BCUT2D eigenvalue weighted by Gasteiger charge is 2.41. The molecule has 2 aromatic carbocycles. The maximum absolute atomic E-state index is 6.17. The summed E-state index contributed by atoms with van der Waals surface area (Å²) in [6.07, 6.45) is 1.32. The zero-order valence-corrected chi connectivity index (χ0v) is 12.4. The minimum Gasteiger partial charge on any atom is -0.357 e. The molecule has 0 N–H and O–H groups in total. The van der Waals surface area contributed by atoms with E-state index in [0.717, 1.165) is 13.2 Å². The Bertz CT molecular complexity index is 624. The fourth-order valence-electron chi connectivity index (χ4n) is 3.80. The molecule has 0 amide bonds. The van der Waals surface area contributed by atoms with Gasteiger partial charge in [-0.3, -0.25) is 4.90 Å². The van der Waals surface area contributed by atoms with Crippen molar-refractivity contribution in [2.75, 3.05) is 13.2 Å². The molecule has 2 nitrogen and oxygen atoms in total. The standard InChI is InChI=1S/C19H21NO/c1-2-14-12-20-18(15-8-4-3-5-9-15)13-21-19(20)17-11-7-6-10-16(14)17/h3-11,14,18-19H,2,12-13H2,1H3/t14-,18+,19?/m1/s1. The number of fused-ring (bicyclic) bond motifs is 3. The smallest absolute Gasteiger partial charge is 0.137 e. The van der Waals surface area contributed by atoms with E-state index in [1.807, 2.05) is 0 Å². The molecule has 2 heteroatoms. The summed E-state index contributed by atoms with van der Waals surface area (Å²) >= 11 is 0. The summed E-state index contributed by atoms with van der Waals surface area (Å²) in [5.74, 6) is 0.616. The Labute approximate surface area is 126 Å². The first-order valence-electron chi connectivity index (χ1n) is 7.89. The fraction of sp³-hybridized carbons (Fsp3) is 0.368. The molecule has 0 aromatic heterocycles. The molecule has 2 aliphatic rings. The van der Waals surface area contributed by atoms with Gasteiger partial charge in [0, 0.05) is 6.54 Å². The van der Waals surface area contributed by atoms with Gasteiger partial charge >= 0.3 is 0 Å². The van der Waals surface area contributed by atoms with E-state index in [4.69, 9.17) is 4.74 Å². The van der Waals surface area contributed by atoms with Crippen molar-refractivity contribution in [2.45, 2.75) is 31.5 Å². The minimum atomic E-state index is 0.134. The summed E-state index contributed by atoms with van der Waals surface area (Å²) in [5.41, 5.74) is 4.22. The van der Waals surface area contributed by atoms with Gasteiger partial charge in [-0.1, -0.05) is 61.5 Å². The predicted molar refractivity (Wildman–Crippen MR) is 84.1 cm³/mol. The third kappa shape index (κ3) is 2.10. The number of rotatable bonds is 2. The number of nitrogens with zero attached hydrogens (tertiary/aromatic N) is 1. The molecular weight excluding hydrogens is 258 g/mol. The predicted octanol–water partition coefficient (Wildman–Crippen LogP) is 4.27. The normalized spacial score (nSPS) is 28.1.